The van der Waals surface area contributed by atoms with Gasteiger partial charge in [-0.15, -0.1) is 20.4 Å². The van der Waals surface area contributed by atoms with Gasteiger partial charge in [0, 0.05) is 63.3 Å². The maximum absolute atomic E-state index is 13.4. The summed E-state index contributed by atoms with van der Waals surface area (Å²) in [5, 5.41) is 39.9. The molecule has 2 saturated carbocycles. The van der Waals surface area contributed by atoms with Crippen LogP contribution in [0.2, 0.25) is 0 Å². The van der Waals surface area contributed by atoms with Crippen LogP contribution in [0.3, 0.4) is 0 Å². The lowest BCUT2D eigenvalue weighted by Crippen LogP contribution is -2.30. The van der Waals surface area contributed by atoms with Crippen LogP contribution in [0.1, 0.15) is 106 Å². The second-order valence-electron chi connectivity index (χ2n) is 18.7. The Kier molecular flexibility index (Phi) is 15.4. The Morgan fingerprint density at radius 3 is 1.65 bits per heavy atom. The van der Waals surface area contributed by atoms with Crippen LogP contribution in [0, 0.1) is 17.4 Å². The van der Waals surface area contributed by atoms with Gasteiger partial charge in [-0.25, -0.2) is 9.97 Å². The van der Waals surface area contributed by atoms with Gasteiger partial charge in [-0.2, -0.15) is 0 Å². The molecule has 2 aromatic carbocycles. The van der Waals surface area contributed by atoms with Gasteiger partial charge < -0.3 is 39.3 Å². The van der Waals surface area contributed by atoms with Crippen LogP contribution < -0.4 is 25.6 Å². The molecule has 74 heavy (non-hydrogen) atoms. The highest BCUT2D eigenvalue weighted by molar-refractivity contribution is 14.1. The molecule has 376 valence electrons. The largest absolute Gasteiger partial charge is 0.493 e. The molecule has 12 rings (SSSR count). The van der Waals surface area contributed by atoms with E-state index in [0.29, 0.717) is 87.8 Å². The average molecular weight is 1100 g/mol. The van der Waals surface area contributed by atoms with Gasteiger partial charge in [-0.3, -0.25) is 19.6 Å². The second kappa shape index (κ2) is 22.8. The number of rotatable bonds is 4. The fourth-order valence-electron chi connectivity index (χ4n) is 8.61. The number of anilines is 2. The molecule has 18 nitrogen and oxygen atoms in total. The first-order valence-electron chi connectivity index (χ1n) is 24.9. The van der Waals surface area contributed by atoms with Gasteiger partial charge in [0.05, 0.1) is 24.3 Å². The molecule has 4 N–H and O–H groups in total. The Bertz CT molecular complexity index is 3270. The van der Waals surface area contributed by atoms with Crippen molar-refractivity contribution in [1.29, 1.82) is 0 Å². The Hall–Kier alpha value is -7.43. The lowest BCUT2D eigenvalue weighted by Gasteiger charge is -2.17. The molecule has 0 spiro atoms. The number of halogens is 1. The van der Waals surface area contributed by atoms with Crippen LogP contribution >= 0.6 is 22.6 Å². The highest BCUT2D eigenvalue weighted by atomic mass is 127. The molecule has 20 heteroatoms. The fraction of sp³-hybridized carbons (Fsp3) is 0.296. The zero-order valence-electron chi connectivity index (χ0n) is 41.0. The minimum Gasteiger partial charge on any atom is -0.493 e. The summed E-state index contributed by atoms with van der Waals surface area (Å²) in [5.41, 5.74) is 9.07. The number of aromatic nitrogens is 10. The van der Waals surface area contributed by atoms with Crippen molar-refractivity contribution in [1.82, 2.24) is 49.5 Å². The number of fused-ring (bicyclic) bond motifs is 10. The first-order chi connectivity index (χ1) is 36.0. The summed E-state index contributed by atoms with van der Waals surface area (Å²) in [6.07, 6.45) is 15.2. The number of aryl methyl sites for hydroxylation is 4. The molecular weight excluding hydrogens is 1050 g/mol. The van der Waals surface area contributed by atoms with E-state index in [-0.39, 0.29) is 11.8 Å². The molecule has 4 bridgehead atoms. The average Bonchev–Trinajstić information content (AvgIpc) is 4.34. The number of pyridine rings is 4. The third-order valence-corrected chi connectivity index (χ3v) is 14.2. The summed E-state index contributed by atoms with van der Waals surface area (Å²) in [4.78, 5) is 44.3. The summed E-state index contributed by atoms with van der Waals surface area (Å²) < 4.78 is 17.0. The van der Waals surface area contributed by atoms with Crippen molar-refractivity contribution in [2.75, 3.05) is 23.8 Å². The molecule has 8 heterocycles. The van der Waals surface area contributed by atoms with Crippen molar-refractivity contribution in [3.63, 3.8) is 0 Å². The Labute approximate surface area is 441 Å². The van der Waals surface area contributed by atoms with Crippen molar-refractivity contribution >= 4 is 58.6 Å². The van der Waals surface area contributed by atoms with Gasteiger partial charge in [-0.05, 0) is 165 Å². The highest BCUT2D eigenvalue weighted by Crippen LogP contribution is 2.40. The summed E-state index contributed by atoms with van der Waals surface area (Å²) in [6, 6.07) is 26.4. The van der Waals surface area contributed by atoms with Crippen molar-refractivity contribution < 1.29 is 29.1 Å². The molecule has 4 aliphatic rings. The molecule has 2 amide bonds. The van der Waals surface area contributed by atoms with E-state index in [9.17, 15) is 9.59 Å². The third-order valence-electron chi connectivity index (χ3n) is 13.0. The number of hydrogen-bond donors (Lipinski definition) is 4. The first-order valence-corrected chi connectivity index (χ1v) is 25.9. The summed E-state index contributed by atoms with van der Waals surface area (Å²) in [6.45, 7) is 6.64. The third kappa shape index (κ3) is 12.1. The molecule has 0 unspecified atom stereocenters. The number of ether oxygens (including phenoxy) is 2. The zero-order chi connectivity index (χ0) is 51.1. The van der Waals surface area contributed by atoms with Gasteiger partial charge in [0.15, 0.2) is 11.6 Å². The molecule has 2 aliphatic carbocycles. The highest BCUT2D eigenvalue weighted by Gasteiger charge is 2.27. The summed E-state index contributed by atoms with van der Waals surface area (Å²) >= 11 is 2.23. The predicted molar refractivity (Wildman–Crippen MR) is 288 cm³/mol. The Morgan fingerprint density at radius 1 is 0.622 bits per heavy atom. The van der Waals surface area contributed by atoms with Crippen molar-refractivity contribution in [3.8, 4) is 45.7 Å². The Balaban J connectivity index is 0.000000141. The molecule has 6 aromatic heterocycles. The van der Waals surface area contributed by atoms with E-state index in [1.807, 2.05) is 83.8 Å². The number of amides is 2. The summed E-state index contributed by atoms with van der Waals surface area (Å²) in [7, 11) is -1.40. The summed E-state index contributed by atoms with van der Waals surface area (Å²) in [5.74, 6) is 4.16. The van der Waals surface area contributed by atoms with Crippen LogP contribution in [-0.4, -0.2) is 91.7 Å². The second-order valence-corrected chi connectivity index (χ2v) is 19.9. The van der Waals surface area contributed by atoms with Crippen molar-refractivity contribution in [3.05, 3.63) is 147 Å². The van der Waals surface area contributed by atoms with Crippen LogP contribution in [0.15, 0.2) is 110 Å². The Morgan fingerprint density at radius 2 is 1.15 bits per heavy atom. The van der Waals surface area contributed by atoms with Crippen molar-refractivity contribution in [2.24, 2.45) is 0 Å². The predicted octanol–water partition coefficient (Wildman–Crippen LogP) is 8.33. The maximum Gasteiger partial charge on any atom is 0.490 e. The van der Waals surface area contributed by atoms with E-state index < -0.39 is 7.12 Å². The van der Waals surface area contributed by atoms with E-state index in [1.165, 1.54) is 31.9 Å². The standard InChI is InChI=1S/C27H26N6O2.C19H18IN5O2.C8H10BNO2/c1-17-13-24-21(14-20(17)19-9-10-22(28-15-19)18-7-8-18)27(34)31-25-6-4-5-23(30-25)26-32-29-16-33(26)11-2-3-12-35-24;1-12-9-16-13(10-14(12)20)19(26)23-17-6-4-5-15(22-17)18-24-21-11-25(18)7-2-3-8-27-16;11-9(12)7-3-4-8(10-5-7)6-1-2-6/h4-6,9-10,13-16,18H,2-3,7-8,11-12H2,1H3,(H,30,31,34);4-6,9-11H,2-3,7-8H2,1H3,(H,22,23,26);3-6,11-12H,1-2H2. The van der Waals surface area contributed by atoms with Crippen molar-refractivity contribution in [2.45, 2.75) is 90.1 Å². The van der Waals surface area contributed by atoms with Gasteiger partial charge >= 0.3 is 7.12 Å². The van der Waals surface area contributed by atoms with E-state index in [0.717, 1.165) is 76.0 Å². The van der Waals surface area contributed by atoms with Gasteiger partial charge in [0.1, 0.15) is 47.2 Å². The topological polar surface area (TPSA) is 230 Å². The van der Waals surface area contributed by atoms with Crippen LogP contribution in [0.5, 0.6) is 11.5 Å². The molecule has 8 aromatic rings. The first kappa shape index (κ1) is 50.1. The van der Waals surface area contributed by atoms with E-state index >= 15 is 0 Å². The van der Waals surface area contributed by atoms with E-state index in [2.05, 4.69) is 85.7 Å². The minimum absolute atomic E-state index is 0.244. The fourth-order valence-corrected chi connectivity index (χ4v) is 9.08. The lowest BCUT2D eigenvalue weighted by atomic mass is 9.81. The molecule has 0 saturated heterocycles. The molecule has 2 fully saturated rings. The van der Waals surface area contributed by atoms with Gasteiger partial charge in [0.2, 0.25) is 0 Å². The lowest BCUT2D eigenvalue weighted by molar-refractivity contribution is 0.101. The number of carbonyl (C=O) groups excluding carboxylic acids is 2. The number of hydrogen-bond acceptors (Lipinski definition) is 14. The number of carbonyl (C=O) groups is 2. The quantitative estimate of drug-likeness (QED) is 0.0960. The zero-order valence-corrected chi connectivity index (χ0v) is 43.1. The number of nitrogens with one attached hydrogen (secondary N) is 2. The molecular formula is C54H54BIN12O6. The number of nitrogens with zero attached hydrogens (tertiary/aromatic N) is 10. The molecule has 0 radical (unpaired) electrons. The van der Waals surface area contributed by atoms with Gasteiger partial charge in [-0.1, -0.05) is 24.3 Å². The van der Waals surface area contributed by atoms with E-state index in [4.69, 9.17) is 19.5 Å². The normalized spacial score (nSPS) is 15.4. The van der Waals surface area contributed by atoms with Crippen LogP contribution in [0.4, 0.5) is 11.6 Å². The van der Waals surface area contributed by atoms with Crippen LogP contribution in [0.25, 0.3) is 34.2 Å². The maximum atomic E-state index is 13.4. The van der Waals surface area contributed by atoms with Crippen LogP contribution in [-0.2, 0) is 13.1 Å². The SMILES string of the molecule is Cc1cc2c(cc1-c1ccc(C3CC3)nc1)C(=O)Nc1cccc(n1)-c1nncn1CCCCO2.Cc1cc2c(cc1I)C(=O)Nc1cccc(n1)-c1nncn1CCCCO2.OB(O)c1ccc(C2CC2)nc1. The molecule has 2 aliphatic heterocycles. The number of benzene rings is 2. The monoisotopic (exact) mass is 1100 g/mol. The van der Waals surface area contributed by atoms with E-state index in [1.54, 1.807) is 30.9 Å². The minimum atomic E-state index is -1.40. The molecule has 0 atom stereocenters. The van der Waals surface area contributed by atoms with Gasteiger partial charge in [0.25, 0.3) is 11.8 Å². The smallest absolute Gasteiger partial charge is 0.490 e.